The van der Waals surface area contributed by atoms with E-state index in [4.69, 9.17) is 4.74 Å². The van der Waals surface area contributed by atoms with E-state index in [1.54, 1.807) is 29.4 Å². The first kappa shape index (κ1) is 21.1. The van der Waals surface area contributed by atoms with Crippen LogP contribution in [0, 0.1) is 0 Å². The highest BCUT2D eigenvalue weighted by Crippen LogP contribution is 2.29. The number of aromatic nitrogens is 1. The van der Waals surface area contributed by atoms with Crippen molar-refractivity contribution in [2.75, 3.05) is 6.54 Å². The van der Waals surface area contributed by atoms with Crippen molar-refractivity contribution in [2.45, 2.75) is 64.8 Å². The molecule has 0 saturated carbocycles. The molecule has 6 nitrogen and oxygen atoms in total. The molecule has 0 bridgehead atoms. The van der Waals surface area contributed by atoms with E-state index in [-0.39, 0.29) is 23.8 Å². The summed E-state index contributed by atoms with van der Waals surface area (Å²) in [6.07, 6.45) is 2.35. The maximum absolute atomic E-state index is 12.5. The van der Waals surface area contributed by atoms with Gasteiger partial charge in [0.05, 0.1) is 11.6 Å². The molecule has 2 heterocycles. The highest BCUT2D eigenvalue weighted by Gasteiger charge is 2.33. The van der Waals surface area contributed by atoms with Crippen LogP contribution in [0.5, 0.6) is 0 Å². The molecule has 2 aromatic rings. The van der Waals surface area contributed by atoms with Gasteiger partial charge in [-0.25, -0.2) is 4.79 Å². The average Bonchev–Trinajstić information content (AvgIpc) is 2.66. The Morgan fingerprint density at radius 1 is 1.17 bits per heavy atom. The number of aryl methyl sites for hydroxylation is 1. The first-order valence-corrected chi connectivity index (χ1v) is 10.2. The SMILES string of the molecule is CCn1ccc(-c2ccc(C(C)N3CCC(CC(C)(C)O)OC3=O)cc2)cc1=O. The van der Waals surface area contributed by atoms with Crippen LogP contribution in [0.3, 0.4) is 0 Å². The van der Waals surface area contributed by atoms with E-state index in [0.717, 1.165) is 16.7 Å². The van der Waals surface area contributed by atoms with Crippen LogP contribution in [-0.4, -0.2) is 38.9 Å². The number of hydrogen-bond acceptors (Lipinski definition) is 4. The number of aliphatic hydroxyl groups is 1. The van der Waals surface area contributed by atoms with E-state index in [2.05, 4.69) is 0 Å². The summed E-state index contributed by atoms with van der Waals surface area (Å²) in [6.45, 7) is 8.62. The lowest BCUT2D eigenvalue weighted by atomic mass is 9.97. The zero-order valence-electron chi connectivity index (χ0n) is 17.6. The standard InChI is InChI=1S/C23H30N2O4/c1-5-24-12-10-19(14-21(24)26)18-8-6-17(7-9-18)16(2)25-13-11-20(29-22(25)27)15-23(3,4)28/h6-10,12,14,16,20,28H,5,11,13,15H2,1-4H3. The molecule has 6 heteroatoms. The largest absolute Gasteiger partial charge is 0.446 e. The number of ether oxygens (including phenoxy) is 1. The zero-order valence-corrected chi connectivity index (χ0v) is 17.6. The minimum atomic E-state index is -0.855. The number of carbonyl (C=O) groups excluding carboxylic acids is 1. The van der Waals surface area contributed by atoms with Gasteiger partial charge in [-0.05, 0) is 50.5 Å². The number of benzene rings is 1. The molecule has 2 unspecified atom stereocenters. The molecule has 1 aliphatic heterocycles. The normalized spacial score (nSPS) is 18.4. The summed E-state index contributed by atoms with van der Waals surface area (Å²) in [5, 5.41) is 9.95. The van der Waals surface area contributed by atoms with Gasteiger partial charge in [0.15, 0.2) is 0 Å². The van der Waals surface area contributed by atoms with Gasteiger partial charge in [-0.3, -0.25) is 4.79 Å². The molecule has 2 atom stereocenters. The summed E-state index contributed by atoms with van der Waals surface area (Å²) in [7, 11) is 0. The van der Waals surface area contributed by atoms with Crippen LogP contribution in [0.2, 0.25) is 0 Å². The molecule has 1 aromatic heterocycles. The fraction of sp³-hybridized carbons (Fsp3) is 0.478. The number of carbonyl (C=O) groups is 1. The summed E-state index contributed by atoms with van der Waals surface area (Å²) >= 11 is 0. The van der Waals surface area contributed by atoms with Crippen LogP contribution in [0.25, 0.3) is 11.1 Å². The van der Waals surface area contributed by atoms with Crippen molar-refractivity contribution >= 4 is 6.09 Å². The third-order valence-corrected chi connectivity index (χ3v) is 5.45. The van der Waals surface area contributed by atoms with E-state index in [1.807, 2.05) is 50.4 Å². The highest BCUT2D eigenvalue weighted by atomic mass is 16.6. The van der Waals surface area contributed by atoms with E-state index >= 15 is 0 Å². The Balaban J connectivity index is 1.69. The summed E-state index contributed by atoms with van der Waals surface area (Å²) in [6, 6.07) is 11.4. The Kier molecular flexibility index (Phi) is 6.13. The molecule has 0 spiro atoms. The minimum Gasteiger partial charge on any atom is -0.446 e. The van der Waals surface area contributed by atoms with Gasteiger partial charge < -0.3 is 19.3 Å². The topological polar surface area (TPSA) is 71.8 Å². The summed E-state index contributed by atoms with van der Waals surface area (Å²) in [5.74, 6) is 0. The van der Waals surface area contributed by atoms with Gasteiger partial charge in [-0.15, -0.1) is 0 Å². The van der Waals surface area contributed by atoms with Gasteiger partial charge in [-0.2, -0.15) is 0 Å². The second-order valence-corrected chi connectivity index (χ2v) is 8.34. The number of amides is 1. The number of pyridine rings is 1. The Morgan fingerprint density at radius 2 is 1.86 bits per heavy atom. The predicted molar refractivity (Wildman–Crippen MR) is 113 cm³/mol. The lowest BCUT2D eigenvalue weighted by Crippen LogP contribution is -2.45. The lowest BCUT2D eigenvalue weighted by molar-refractivity contribution is -0.0309. The molecule has 0 radical (unpaired) electrons. The van der Waals surface area contributed by atoms with Crippen LogP contribution in [0.1, 0.15) is 52.1 Å². The van der Waals surface area contributed by atoms with Crippen molar-refractivity contribution < 1.29 is 14.6 Å². The second-order valence-electron chi connectivity index (χ2n) is 8.34. The molecule has 1 fully saturated rings. The Hall–Kier alpha value is -2.60. The van der Waals surface area contributed by atoms with Gasteiger partial charge in [0.2, 0.25) is 0 Å². The zero-order chi connectivity index (χ0) is 21.2. The van der Waals surface area contributed by atoms with Crippen molar-refractivity contribution in [3.8, 4) is 11.1 Å². The van der Waals surface area contributed by atoms with Crippen molar-refractivity contribution in [2.24, 2.45) is 0 Å². The van der Waals surface area contributed by atoms with Crippen molar-refractivity contribution in [1.29, 1.82) is 0 Å². The van der Waals surface area contributed by atoms with E-state index in [1.165, 1.54) is 0 Å². The fourth-order valence-corrected chi connectivity index (χ4v) is 3.78. The van der Waals surface area contributed by atoms with Gasteiger partial charge in [0.1, 0.15) is 6.10 Å². The van der Waals surface area contributed by atoms with Crippen LogP contribution in [-0.2, 0) is 11.3 Å². The molecule has 0 aliphatic carbocycles. The molecule has 3 rings (SSSR count). The highest BCUT2D eigenvalue weighted by molar-refractivity contribution is 5.69. The molecule has 29 heavy (non-hydrogen) atoms. The molecular formula is C23H30N2O4. The molecule has 1 aliphatic rings. The molecule has 1 N–H and O–H groups in total. The summed E-state index contributed by atoms with van der Waals surface area (Å²) in [5.41, 5.74) is 1.98. The molecule has 1 aromatic carbocycles. The van der Waals surface area contributed by atoms with Gasteiger partial charge in [0.25, 0.3) is 5.56 Å². The first-order chi connectivity index (χ1) is 13.7. The second kappa shape index (κ2) is 8.41. The molecule has 1 amide bonds. The van der Waals surface area contributed by atoms with E-state index < -0.39 is 5.60 Å². The Bertz CT molecular complexity index is 912. The van der Waals surface area contributed by atoms with Gasteiger partial charge in [0, 0.05) is 38.2 Å². The van der Waals surface area contributed by atoms with Gasteiger partial charge in [-0.1, -0.05) is 24.3 Å². The maximum atomic E-state index is 12.5. The predicted octanol–water partition coefficient (Wildman–Crippen LogP) is 3.97. The smallest absolute Gasteiger partial charge is 0.410 e. The van der Waals surface area contributed by atoms with Gasteiger partial charge >= 0.3 is 6.09 Å². The molecule has 1 saturated heterocycles. The fourth-order valence-electron chi connectivity index (χ4n) is 3.78. The van der Waals surface area contributed by atoms with Crippen LogP contribution in [0.15, 0.2) is 47.4 Å². The first-order valence-electron chi connectivity index (χ1n) is 10.2. The maximum Gasteiger partial charge on any atom is 0.410 e. The van der Waals surface area contributed by atoms with Crippen molar-refractivity contribution in [3.05, 3.63) is 58.5 Å². The van der Waals surface area contributed by atoms with Crippen LogP contribution < -0.4 is 5.56 Å². The molecule has 156 valence electrons. The third kappa shape index (κ3) is 5.07. The Morgan fingerprint density at radius 3 is 2.41 bits per heavy atom. The summed E-state index contributed by atoms with van der Waals surface area (Å²) < 4.78 is 7.20. The Labute approximate surface area is 171 Å². The van der Waals surface area contributed by atoms with E-state index in [0.29, 0.717) is 25.9 Å². The molecular weight excluding hydrogens is 368 g/mol. The van der Waals surface area contributed by atoms with Crippen LogP contribution >= 0.6 is 0 Å². The number of cyclic esters (lactones) is 1. The van der Waals surface area contributed by atoms with Crippen molar-refractivity contribution in [3.63, 3.8) is 0 Å². The monoisotopic (exact) mass is 398 g/mol. The minimum absolute atomic E-state index is 0.0147. The van der Waals surface area contributed by atoms with Crippen molar-refractivity contribution in [1.82, 2.24) is 9.47 Å². The summed E-state index contributed by atoms with van der Waals surface area (Å²) in [4.78, 5) is 26.3. The average molecular weight is 399 g/mol. The third-order valence-electron chi connectivity index (χ3n) is 5.45. The number of hydrogen-bond donors (Lipinski definition) is 1. The number of nitrogens with zero attached hydrogens (tertiary/aromatic N) is 2. The lowest BCUT2D eigenvalue weighted by Gasteiger charge is -2.37. The number of rotatable bonds is 6. The quantitative estimate of drug-likeness (QED) is 0.799. The van der Waals surface area contributed by atoms with E-state index in [9.17, 15) is 14.7 Å². The van der Waals surface area contributed by atoms with Crippen LogP contribution in [0.4, 0.5) is 4.79 Å².